The number of rotatable bonds is 8. The van der Waals surface area contributed by atoms with Gasteiger partial charge in [0, 0.05) is 19.3 Å². The molecule has 20 heavy (non-hydrogen) atoms. The molecule has 0 aliphatic rings. The number of aromatic carboxylic acids is 1. The van der Waals surface area contributed by atoms with Gasteiger partial charge in [-0.2, -0.15) is 0 Å². The second kappa shape index (κ2) is 7.06. The lowest BCUT2D eigenvalue weighted by Crippen LogP contribution is -2.31. The molecule has 3 N–H and O–H groups in total. The summed E-state index contributed by atoms with van der Waals surface area (Å²) in [5.74, 6) is -1.43. The van der Waals surface area contributed by atoms with Gasteiger partial charge < -0.3 is 15.0 Å². The number of carbonyl (C=O) groups excluding carboxylic acids is 1. The Morgan fingerprint density at radius 1 is 1.35 bits per heavy atom. The maximum Gasteiger partial charge on any atom is 0.352 e. The Kier molecular flexibility index (Phi) is 5.71. The molecule has 0 unspecified atom stereocenters. The number of hydrogen-bond donors (Lipinski definition) is 3. The van der Waals surface area contributed by atoms with E-state index in [1.807, 2.05) is 0 Å². The first-order chi connectivity index (χ1) is 9.29. The first-order valence-electron chi connectivity index (χ1n) is 5.89. The predicted octanol–water partition coefficient (Wildman–Crippen LogP) is -0.758. The van der Waals surface area contributed by atoms with Crippen molar-refractivity contribution in [2.45, 2.75) is 13.0 Å². The first kappa shape index (κ1) is 16.2. The molecule has 1 rings (SSSR count). The zero-order valence-electron chi connectivity index (χ0n) is 11.0. The van der Waals surface area contributed by atoms with Gasteiger partial charge in [0.15, 0.2) is 0 Å². The highest BCUT2D eigenvalue weighted by molar-refractivity contribution is 7.88. The molecule has 1 aromatic heterocycles. The summed E-state index contributed by atoms with van der Waals surface area (Å²) >= 11 is 0. The number of carboxylic acid groups (broad SMARTS) is 1. The lowest BCUT2D eigenvalue weighted by atomic mass is 10.4. The molecule has 8 nitrogen and oxygen atoms in total. The molecule has 0 aliphatic heterocycles. The fourth-order valence-electron chi connectivity index (χ4n) is 1.53. The molecular weight excluding hydrogens is 286 g/mol. The van der Waals surface area contributed by atoms with Crippen LogP contribution in [0.4, 0.5) is 0 Å². The van der Waals surface area contributed by atoms with Crippen LogP contribution in [0.1, 0.15) is 16.9 Å². The second-order valence-electron chi connectivity index (χ2n) is 4.20. The number of nitrogens with one attached hydrogen (secondary N) is 2. The molecule has 0 saturated carbocycles. The van der Waals surface area contributed by atoms with Crippen molar-refractivity contribution in [2.75, 3.05) is 19.3 Å². The largest absolute Gasteiger partial charge is 0.477 e. The maximum absolute atomic E-state index is 11.6. The summed E-state index contributed by atoms with van der Waals surface area (Å²) in [5.41, 5.74) is 0.0406. The molecule has 0 saturated heterocycles. The first-order valence-corrected chi connectivity index (χ1v) is 7.78. The van der Waals surface area contributed by atoms with Gasteiger partial charge in [0.05, 0.1) is 6.26 Å². The number of nitrogens with zero attached hydrogens (tertiary/aromatic N) is 1. The smallest absolute Gasteiger partial charge is 0.352 e. The summed E-state index contributed by atoms with van der Waals surface area (Å²) in [4.78, 5) is 22.4. The van der Waals surface area contributed by atoms with Crippen molar-refractivity contribution in [3.05, 3.63) is 24.0 Å². The average molecular weight is 303 g/mol. The molecule has 9 heteroatoms. The molecule has 1 amide bonds. The van der Waals surface area contributed by atoms with Crippen LogP contribution in [0.5, 0.6) is 0 Å². The lowest BCUT2D eigenvalue weighted by molar-refractivity contribution is -0.121. The lowest BCUT2D eigenvalue weighted by Gasteiger charge is -2.08. The third-order valence-electron chi connectivity index (χ3n) is 2.40. The van der Waals surface area contributed by atoms with Crippen LogP contribution in [0.25, 0.3) is 0 Å². The van der Waals surface area contributed by atoms with Crippen LogP contribution < -0.4 is 10.0 Å². The number of aromatic nitrogens is 1. The SMILES string of the molecule is CS(=O)(=O)NCCCNC(=O)Cn1cccc1C(=O)O. The van der Waals surface area contributed by atoms with Crippen LogP contribution in [-0.4, -0.2) is 49.3 Å². The van der Waals surface area contributed by atoms with Gasteiger partial charge in [-0.3, -0.25) is 4.79 Å². The Labute approximate surface area is 116 Å². The van der Waals surface area contributed by atoms with E-state index in [2.05, 4.69) is 10.0 Å². The summed E-state index contributed by atoms with van der Waals surface area (Å²) in [6.07, 6.45) is 3.02. The number of hydrogen-bond acceptors (Lipinski definition) is 4. The molecule has 0 atom stereocenters. The van der Waals surface area contributed by atoms with Gasteiger partial charge in [-0.25, -0.2) is 17.9 Å². The van der Waals surface area contributed by atoms with E-state index >= 15 is 0 Å². The van der Waals surface area contributed by atoms with Crippen molar-refractivity contribution in [1.29, 1.82) is 0 Å². The summed E-state index contributed by atoms with van der Waals surface area (Å²) in [6, 6.07) is 2.96. The number of sulfonamides is 1. The van der Waals surface area contributed by atoms with Crippen LogP contribution in [0.2, 0.25) is 0 Å². The van der Waals surface area contributed by atoms with Crippen molar-refractivity contribution in [2.24, 2.45) is 0 Å². The standard InChI is InChI=1S/C11H17N3O5S/c1-20(18,19)13-6-3-5-12-10(15)8-14-7-2-4-9(14)11(16)17/h2,4,7,13H,3,5-6,8H2,1H3,(H,12,15)(H,16,17). The molecule has 0 radical (unpaired) electrons. The van der Waals surface area contributed by atoms with Crippen LogP contribution in [0.15, 0.2) is 18.3 Å². The topological polar surface area (TPSA) is 118 Å². The van der Waals surface area contributed by atoms with Crippen molar-refractivity contribution < 1.29 is 23.1 Å². The van der Waals surface area contributed by atoms with Crippen molar-refractivity contribution in [1.82, 2.24) is 14.6 Å². The molecule has 1 aromatic rings. The minimum atomic E-state index is -3.21. The fourth-order valence-corrected chi connectivity index (χ4v) is 2.05. The van der Waals surface area contributed by atoms with E-state index in [1.54, 1.807) is 6.07 Å². The highest BCUT2D eigenvalue weighted by Gasteiger charge is 2.11. The van der Waals surface area contributed by atoms with Gasteiger partial charge in [0.2, 0.25) is 15.9 Å². The molecule has 0 spiro atoms. The van der Waals surface area contributed by atoms with Crippen molar-refractivity contribution in [3.63, 3.8) is 0 Å². The van der Waals surface area contributed by atoms with Crippen LogP contribution in [-0.2, 0) is 21.4 Å². The van der Waals surface area contributed by atoms with E-state index in [4.69, 9.17) is 5.11 Å². The Balaban J connectivity index is 2.30. The highest BCUT2D eigenvalue weighted by Crippen LogP contribution is 2.01. The average Bonchev–Trinajstić information content (AvgIpc) is 2.75. The minimum Gasteiger partial charge on any atom is -0.477 e. The number of carbonyl (C=O) groups is 2. The van der Waals surface area contributed by atoms with Crippen LogP contribution >= 0.6 is 0 Å². The van der Waals surface area contributed by atoms with Gasteiger partial charge in [-0.05, 0) is 18.6 Å². The Hall–Kier alpha value is -1.87. The summed E-state index contributed by atoms with van der Waals surface area (Å²) in [7, 11) is -3.21. The Morgan fingerprint density at radius 2 is 2.05 bits per heavy atom. The highest BCUT2D eigenvalue weighted by atomic mass is 32.2. The molecule has 0 aromatic carbocycles. The van der Waals surface area contributed by atoms with Gasteiger partial charge in [0.1, 0.15) is 12.2 Å². The minimum absolute atomic E-state index is 0.0406. The molecular formula is C11H17N3O5S. The second-order valence-corrected chi connectivity index (χ2v) is 6.03. The third kappa shape index (κ3) is 5.85. The van der Waals surface area contributed by atoms with Gasteiger partial charge in [-0.15, -0.1) is 0 Å². The van der Waals surface area contributed by atoms with E-state index < -0.39 is 16.0 Å². The van der Waals surface area contributed by atoms with Gasteiger partial charge >= 0.3 is 5.97 Å². The summed E-state index contributed by atoms with van der Waals surface area (Å²) < 4.78 is 25.2. The Morgan fingerprint density at radius 3 is 2.65 bits per heavy atom. The van der Waals surface area contributed by atoms with Crippen LogP contribution in [0, 0.1) is 0 Å². The fraction of sp³-hybridized carbons (Fsp3) is 0.455. The van der Waals surface area contributed by atoms with Gasteiger partial charge in [-0.1, -0.05) is 0 Å². The molecule has 0 fully saturated rings. The van der Waals surface area contributed by atoms with E-state index in [-0.39, 0.29) is 24.7 Å². The quantitative estimate of drug-likeness (QED) is 0.546. The number of amides is 1. The van der Waals surface area contributed by atoms with E-state index in [1.165, 1.54) is 16.8 Å². The summed E-state index contributed by atoms with van der Waals surface area (Å²) in [5, 5.41) is 11.5. The zero-order valence-corrected chi connectivity index (χ0v) is 11.8. The molecule has 0 aliphatic carbocycles. The van der Waals surface area contributed by atoms with Crippen LogP contribution in [0.3, 0.4) is 0 Å². The Bertz CT molecular complexity index is 579. The molecule has 0 bridgehead atoms. The number of carboxylic acids is 1. The van der Waals surface area contributed by atoms with E-state index in [0.29, 0.717) is 13.0 Å². The normalized spacial score (nSPS) is 11.2. The third-order valence-corrected chi connectivity index (χ3v) is 3.13. The molecule has 112 valence electrons. The van der Waals surface area contributed by atoms with Crippen molar-refractivity contribution >= 4 is 21.9 Å². The zero-order chi connectivity index (χ0) is 15.2. The summed E-state index contributed by atoms with van der Waals surface area (Å²) in [6.45, 7) is 0.460. The van der Waals surface area contributed by atoms with E-state index in [9.17, 15) is 18.0 Å². The maximum atomic E-state index is 11.6. The molecule has 1 heterocycles. The monoisotopic (exact) mass is 303 g/mol. The van der Waals surface area contributed by atoms with Crippen molar-refractivity contribution in [3.8, 4) is 0 Å². The van der Waals surface area contributed by atoms with Gasteiger partial charge in [0.25, 0.3) is 0 Å². The van der Waals surface area contributed by atoms with E-state index in [0.717, 1.165) is 6.26 Å². The predicted molar refractivity (Wildman–Crippen MR) is 71.9 cm³/mol.